The summed E-state index contributed by atoms with van der Waals surface area (Å²) in [6.45, 7) is 1.89. The summed E-state index contributed by atoms with van der Waals surface area (Å²) in [5.74, 6) is 0.0183. The van der Waals surface area contributed by atoms with Crippen molar-refractivity contribution in [3.05, 3.63) is 95.6 Å². The number of amides is 1. The molecule has 2 N–H and O–H groups in total. The van der Waals surface area contributed by atoms with Crippen LogP contribution in [0.25, 0.3) is 0 Å². The first-order valence-electron chi connectivity index (χ1n) is 9.36. The van der Waals surface area contributed by atoms with E-state index in [-0.39, 0.29) is 0 Å². The number of hydrazone groups is 1. The molecule has 0 fully saturated rings. The summed E-state index contributed by atoms with van der Waals surface area (Å²) in [5.41, 5.74) is 6.05. The van der Waals surface area contributed by atoms with Crippen LogP contribution in [0.3, 0.4) is 0 Å². The Hall–Kier alpha value is -2.73. The van der Waals surface area contributed by atoms with E-state index < -0.39 is 15.9 Å². The van der Waals surface area contributed by atoms with Gasteiger partial charge in [0.1, 0.15) is 5.75 Å². The Morgan fingerprint density at radius 3 is 2.35 bits per heavy atom. The highest BCUT2D eigenvalue weighted by Crippen LogP contribution is 2.32. The number of carbonyl (C=O) groups is 1. The van der Waals surface area contributed by atoms with Gasteiger partial charge in [-0.15, -0.1) is 0 Å². The lowest BCUT2D eigenvalue weighted by atomic mass is 10.1. The van der Waals surface area contributed by atoms with E-state index in [1.54, 1.807) is 48.7 Å². The van der Waals surface area contributed by atoms with Crippen molar-refractivity contribution in [1.29, 1.82) is 0 Å². The zero-order valence-corrected chi connectivity index (χ0v) is 18.8. The number of ether oxygens (including phenoxy) is 1. The van der Waals surface area contributed by atoms with Gasteiger partial charge < -0.3 is 10.1 Å². The fourth-order valence-corrected chi connectivity index (χ4v) is 2.93. The van der Waals surface area contributed by atoms with Gasteiger partial charge in [-0.25, -0.2) is 0 Å². The van der Waals surface area contributed by atoms with Gasteiger partial charge in [0, 0.05) is 5.56 Å². The van der Waals surface area contributed by atoms with Crippen LogP contribution in [0.5, 0.6) is 5.75 Å². The number of rotatable bonds is 7. The Bertz CT molecular complexity index is 1040. The highest BCUT2D eigenvalue weighted by atomic mass is 35.6. The van der Waals surface area contributed by atoms with Crippen LogP contribution < -0.4 is 15.5 Å². The summed E-state index contributed by atoms with van der Waals surface area (Å²) < 4.78 is 3.87. The molecule has 1 atom stereocenters. The molecule has 0 saturated carbocycles. The Labute approximate surface area is 196 Å². The number of hydrogen-bond donors (Lipinski definition) is 2. The fraction of sp³-hybridized carbons (Fsp3) is 0.130. The number of anilines is 1. The third-order valence-corrected chi connectivity index (χ3v) is 4.75. The second kappa shape index (κ2) is 10.5. The SMILES string of the molecule is Cc1cccc(C(=O)NC(Oc2ccc(C=NNc3ccccc3)cc2)C(Cl)(Cl)Cl)c1. The number of para-hydroxylation sites is 1. The molecule has 31 heavy (non-hydrogen) atoms. The number of aryl methyl sites for hydroxylation is 1. The standard InChI is InChI=1S/C23H20Cl3N3O2/c1-16-6-5-7-18(14-16)21(30)28-22(23(24,25)26)31-20-12-10-17(11-13-20)15-27-29-19-8-3-2-4-9-19/h2-15,22,29H,1H3,(H,28,30). The van der Waals surface area contributed by atoms with E-state index in [4.69, 9.17) is 39.5 Å². The first kappa shape index (κ1) is 22.9. The third kappa shape index (κ3) is 7.17. The quantitative estimate of drug-likeness (QED) is 0.192. The zero-order chi connectivity index (χ0) is 22.3. The van der Waals surface area contributed by atoms with E-state index in [1.807, 2.05) is 43.3 Å². The van der Waals surface area contributed by atoms with E-state index in [2.05, 4.69) is 15.8 Å². The Balaban J connectivity index is 1.64. The summed E-state index contributed by atoms with van der Waals surface area (Å²) in [4.78, 5) is 12.5. The molecule has 0 heterocycles. The van der Waals surface area contributed by atoms with Crippen LogP contribution in [0, 0.1) is 6.92 Å². The van der Waals surface area contributed by atoms with Gasteiger partial charge in [-0.2, -0.15) is 5.10 Å². The molecule has 0 aliphatic rings. The van der Waals surface area contributed by atoms with Gasteiger partial charge in [0.05, 0.1) is 11.9 Å². The third-order valence-electron chi connectivity index (χ3n) is 4.15. The molecule has 160 valence electrons. The van der Waals surface area contributed by atoms with Crippen molar-refractivity contribution in [2.24, 2.45) is 5.10 Å². The van der Waals surface area contributed by atoms with E-state index >= 15 is 0 Å². The molecule has 1 amide bonds. The average molecular weight is 477 g/mol. The van der Waals surface area contributed by atoms with Crippen LogP contribution in [0.15, 0.2) is 84.0 Å². The highest BCUT2D eigenvalue weighted by Gasteiger charge is 2.36. The molecule has 5 nitrogen and oxygen atoms in total. The summed E-state index contributed by atoms with van der Waals surface area (Å²) in [6.07, 6.45) is 0.479. The Morgan fingerprint density at radius 2 is 1.71 bits per heavy atom. The number of alkyl halides is 3. The molecular weight excluding hydrogens is 457 g/mol. The van der Waals surface area contributed by atoms with Crippen LogP contribution in [-0.4, -0.2) is 22.1 Å². The van der Waals surface area contributed by atoms with Crippen molar-refractivity contribution in [2.75, 3.05) is 5.43 Å². The fourth-order valence-electron chi connectivity index (χ4n) is 2.63. The van der Waals surface area contributed by atoms with Gasteiger partial charge in [-0.05, 0) is 61.0 Å². The second-order valence-corrected chi connectivity index (χ2v) is 9.06. The van der Waals surface area contributed by atoms with E-state index in [0.29, 0.717) is 11.3 Å². The lowest BCUT2D eigenvalue weighted by molar-refractivity contribution is 0.0833. The topological polar surface area (TPSA) is 62.7 Å². The van der Waals surface area contributed by atoms with Crippen LogP contribution in [0.4, 0.5) is 5.69 Å². The molecule has 0 saturated heterocycles. The Kier molecular flexibility index (Phi) is 7.80. The van der Waals surface area contributed by atoms with Gasteiger partial charge in [0.15, 0.2) is 0 Å². The van der Waals surface area contributed by atoms with Crippen LogP contribution in [-0.2, 0) is 0 Å². The molecule has 0 aliphatic heterocycles. The average Bonchev–Trinajstić information content (AvgIpc) is 2.74. The summed E-state index contributed by atoms with van der Waals surface area (Å²) in [7, 11) is 0. The van der Waals surface area contributed by atoms with Gasteiger partial charge >= 0.3 is 0 Å². The molecule has 3 rings (SSSR count). The van der Waals surface area contributed by atoms with Crippen molar-refractivity contribution < 1.29 is 9.53 Å². The maximum atomic E-state index is 12.5. The summed E-state index contributed by atoms with van der Waals surface area (Å²) in [6, 6.07) is 23.7. The van der Waals surface area contributed by atoms with Crippen molar-refractivity contribution >= 4 is 52.6 Å². The minimum Gasteiger partial charge on any atom is -0.466 e. The molecule has 3 aromatic carbocycles. The normalized spacial score (nSPS) is 12.4. The number of nitrogens with zero attached hydrogens (tertiary/aromatic N) is 1. The minimum absolute atomic E-state index is 0.407. The molecule has 0 aromatic heterocycles. The van der Waals surface area contributed by atoms with E-state index in [1.165, 1.54) is 0 Å². The van der Waals surface area contributed by atoms with Crippen LogP contribution >= 0.6 is 34.8 Å². The van der Waals surface area contributed by atoms with E-state index in [0.717, 1.165) is 16.8 Å². The molecule has 0 spiro atoms. The molecule has 1 unspecified atom stereocenters. The Morgan fingerprint density at radius 1 is 1.00 bits per heavy atom. The maximum absolute atomic E-state index is 12.5. The monoisotopic (exact) mass is 475 g/mol. The highest BCUT2D eigenvalue weighted by molar-refractivity contribution is 6.68. The number of nitrogens with one attached hydrogen (secondary N) is 2. The molecular formula is C23H20Cl3N3O2. The predicted molar refractivity (Wildman–Crippen MR) is 127 cm³/mol. The zero-order valence-electron chi connectivity index (χ0n) is 16.6. The first-order chi connectivity index (χ1) is 14.8. The van der Waals surface area contributed by atoms with Crippen LogP contribution in [0.2, 0.25) is 0 Å². The largest absolute Gasteiger partial charge is 0.466 e. The second-order valence-electron chi connectivity index (χ2n) is 6.69. The predicted octanol–water partition coefficient (Wildman–Crippen LogP) is 5.95. The van der Waals surface area contributed by atoms with Gasteiger partial charge in [0.2, 0.25) is 10.0 Å². The smallest absolute Gasteiger partial charge is 0.254 e. The van der Waals surface area contributed by atoms with Crippen molar-refractivity contribution in [1.82, 2.24) is 5.32 Å². The number of halogens is 3. The van der Waals surface area contributed by atoms with Gasteiger partial charge in [0.25, 0.3) is 5.91 Å². The van der Waals surface area contributed by atoms with E-state index in [9.17, 15) is 4.79 Å². The van der Waals surface area contributed by atoms with Crippen molar-refractivity contribution in [3.8, 4) is 5.75 Å². The number of carbonyl (C=O) groups excluding carboxylic acids is 1. The van der Waals surface area contributed by atoms with Gasteiger partial charge in [-0.1, -0.05) is 70.7 Å². The molecule has 0 radical (unpaired) electrons. The first-order valence-corrected chi connectivity index (χ1v) is 10.5. The molecule has 0 aliphatic carbocycles. The summed E-state index contributed by atoms with van der Waals surface area (Å²) in [5, 5.41) is 6.81. The molecule has 0 bridgehead atoms. The summed E-state index contributed by atoms with van der Waals surface area (Å²) >= 11 is 18.1. The maximum Gasteiger partial charge on any atom is 0.254 e. The van der Waals surface area contributed by atoms with Gasteiger partial charge in [-0.3, -0.25) is 10.2 Å². The molecule has 8 heteroatoms. The lowest BCUT2D eigenvalue weighted by Gasteiger charge is -2.26. The van der Waals surface area contributed by atoms with Crippen LogP contribution in [0.1, 0.15) is 21.5 Å². The van der Waals surface area contributed by atoms with Crippen molar-refractivity contribution in [2.45, 2.75) is 16.9 Å². The van der Waals surface area contributed by atoms with Crippen molar-refractivity contribution in [3.63, 3.8) is 0 Å². The lowest BCUT2D eigenvalue weighted by Crippen LogP contribution is -2.47. The molecule has 3 aromatic rings. The number of hydrogen-bond acceptors (Lipinski definition) is 4. The number of benzene rings is 3. The minimum atomic E-state index is -1.88.